The first kappa shape index (κ1) is 10.1. The van der Waals surface area contributed by atoms with Gasteiger partial charge in [0.1, 0.15) is 10.9 Å². The van der Waals surface area contributed by atoms with Gasteiger partial charge in [-0.2, -0.15) is 0 Å². The van der Waals surface area contributed by atoms with Gasteiger partial charge in [-0.15, -0.1) is 0 Å². The molecule has 0 aliphatic carbocycles. The van der Waals surface area contributed by atoms with Crippen LogP contribution in [-0.2, 0) is 7.05 Å². The molecule has 0 unspecified atom stereocenters. The lowest BCUT2D eigenvalue weighted by Gasteiger charge is -2.05. The van der Waals surface area contributed by atoms with Crippen LogP contribution in [0.2, 0.25) is 5.15 Å². The van der Waals surface area contributed by atoms with Crippen LogP contribution >= 0.6 is 11.6 Å². The van der Waals surface area contributed by atoms with Crippen LogP contribution in [0.25, 0.3) is 10.8 Å². The van der Waals surface area contributed by atoms with Crippen molar-refractivity contribution in [3.05, 3.63) is 39.8 Å². The minimum Gasteiger partial charge on any atom is -0.497 e. The molecule has 2 rings (SSSR count). The SMILES string of the molecule is COc1ccc2cc(Cl)n(C)c(=O)c2c1. The van der Waals surface area contributed by atoms with Crippen molar-refractivity contribution in [1.82, 2.24) is 4.57 Å². The minimum atomic E-state index is -0.114. The fraction of sp³-hybridized carbons (Fsp3) is 0.182. The van der Waals surface area contributed by atoms with Gasteiger partial charge < -0.3 is 9.30 Å². The van der Waals surface area contributed by atoms with E-state index in [1.807, 2.05) is 6.07 Å². The van der Waals surface area contributed by atoms with E-state index in [1.165, 1.54) is 4.57 Å². The van der Waals surface area contributed by atoms with Gasteiger partial charge in [0.15, 0.2) is 0 Å². The summed E-state index contributed by atoms with van der Waals surface area (Å²) in [7, 11) is 3.21. The lowest BCUT2D eigenvalue weighted by Crippen LogP contribution is -2.16. The smallest absolute Gasteiger partial charge is 0.259 e. The van der Waals surface area contributed by atoms with Gasteiger partial charge in [-0.25, -0.2) is 0 Å². The van der Waals surface area contributed by atoms with Crippen molar-refractivity contribution in [3.8, 4) is 5.75 Å². The van der Waals surface area contributed by atoms with E-state index in [2.05, 4.69) is 0 Å². The van der Waals surface area contributed by atoms with Gasteiger partial charge in [0.2, 0.25) is 0 Å². The van der Waals surface area contributed by atoms with Crippen molar-refractivity contribution in [3.63, 3.8) is 0 Å². The number of hydrogen-bond donors (Lipinski definition) is 0. The fourth-order valence-corrected chi connectivity index (χ4v) is 1.67. The van der Waals surface area contributed by atoms with Gasteiger partial charge in [-0.3, -0.25) is 4.79 Å². The number of aromatic nitrogens is 1. The van der Waals surface area contributed by atoms with Gasteiger partial charge in [0, 0.05) is 7.05 Å². The normalized spacial score (nSPS) is 10.6. The third kappa shape index (κ3) is 1.59. The van der Waals surface area contributed by atoms with Crippen LogP contribution < -0.4 is 10.3 Å². The van der Waals surface area contributed by atoms with E-state index in [-0.39, 0.29) is 5.56 Å². The summed E-state index contributed by atoms with van der Waals surface area (Å²) in [5.41, 5.74) is -0.114. The van der Waals surface area contributed by atoms with Gasteiger partial charge in [0.05, 0.1) is 12.5 Å². The highest BCUT2D eigenvalue weighted by molar-refractivity contribution is 6.30. The average Bonchev–Trinajstić information content (AvgIpc) is 2.26. The molecular formula is C11H10ClNO2. The van der Waals surface area contributed by atoms with Crippen molar-refractivity contribution in [2.45, 2.75) is 0 Å². The number of pyridine rings is 1. The van der Waals surface area contributed by atoms with Gasteiger partial charge in [0.25, 0.3) is 5.56 Å². The molecule has 1 heterocycles. The molecule has 78 valence electrons. The summed E-state index contributed by atoms with van der Waals surface area (Å²) in [5, 5.41) is 1.86. The van der Waals surface area contributed by atoms with Crippen molar-refractivity contribution in [1.29, 1.82) is 0 Å². The van der Waals surface area contributed by atoms with Crippen LogP contribution in [0.3, 0.4) is 0 Å². The van der Waals surface area contributed by atoms with Gasteiger partial charge in [-0.1, -0.05) is 17.7 Å². The quantitative estimate of drug-likeness (QED) is 0.694. The molecule has 0 amide bonds. The zero-order valence-electron chi connectivity index (χ0n) is 8.45. The first-order valence-corrected chi connectivity index (χ1v) is 4.84. The van der Waals surface area contributed by atoms with Crippen molar-refractivity contribution in [2.24, 2.45) is 7.05 Å². The minimum absolute atomic E-state index is 0.114. The second kappa shape index (κ2) is 3.59. The highest BCUT2D eigenvalue weighted by atomic mass is 35.5. The van der Waals surface area contributed by atoms with E-state index in [0.29, 0.717) is 16.3 Å². The van der Waals surface area contributed by atoms with E-state index >= 15 is 0 Å². The standard InChI is InChI=1S/C11H10ClNO2/c1-13-10(12)5-7-3-4-8(15-2)6-9(7)11(13)14/h3-6H,1-2H3. The Morgan fingerprint density at radius 1 is 1.33 bits per heavy atom. The Kier molecular flexibility index (Phi) is 2.40. The van der Waals surface area contributed by atoms with E-state index < -0.39 is 0 Å². The maximum atomic E-state index is 11.8. The molecule has 3 nitrogen and oxygen atoms in total. The summed E-state index contributed by atoms with van der Waals surface area (Å²) >= 11 is 5.90. The molecule has 0 atom stereocenters. The van der Waals surface area contributed by atoms with E-state index in [9.17, 15) is 4.79 Å². The third-order valence-electron chi connectivity index (χ3n) is 2.39. The monoisotopic (exact) mass is 223 g/mol. The molecule has 0 radical (unpaired) electrons. The van der Waals surface area contributed by atoms with Crippen LogP contribution in [0.1, 0.15) is 0 Å². The maximum absolute atomic E-state index is 11.8. The van der Waals surface area contributed by atoms with Crippen LogP contribution in [-0.4, -0.2) is 11.7 Å². The molecule has 1 aromatic carbocycles. The van der Waals surface area contributed by atoms with Crippen molar-refractivity contribution >= 4 is 22.4 Å². The fourth-order valence-electron chi connectivity index (χ4n) is 1.48. The largest absolute Gasteiger partial charge is 0.497 e. The summed E-state index contributed by atoms with van der Waals surface area (Å²) in [5.74, 6) is 0.668. The molecule has 1 aromatic heterocycles. The van der Waals surface area contributed by atoms with Gasteiger partial charge >= 0.3 is 0 Å². The molecule has 0 spiro atoms. The Bertz CT molecular complexity index is 575. The van der Waals surface area contributed by atoms with E-state index in [0.717, 1.165) is 5.39 Å². The molecule has 15 heavy (non-hydrogen) atoms. The summed E-state index contributed by atoms with van der Waals surface area (Å²) < 4.78 is 6.47. The molecule has 0 saturated carbocycles. The van der Waals surface area contributed by atoms with Crippen LogP contribution in [0.5, 0.6) is 5.75 Å². The summed E-state index contributed by atoms with van der Waals surface area (Å²) in [6, 6.07) is 7.10. The number of benzene rings is 1. The number of methoxy groups -OCH3 is 1. The summed E-state index contributed by atoms with van der Waals surface area (Å²) in [6.45, 7) is 0. The zero-order chi connectivity index (χ0) is 11.0. The molecule has 0 N–H and O–H groups in total. The zero-order valence-corrected chi connectivity index (χ0v) is 9.21. The lowest BCUT2D eigenvalue weighted by atomic mass is 10.1. The number of ether oxygens (including phenoxy) is 1. The van der Waals surface area contributed by atoms with Crippen LogP contribution in [0.15, 0.2) is 29.1 Å². The van der Waals surface area contributed by atoms with Crippen molar-refractivity contribution in [2.75, 3.05) is 7.11 Å². The third-order valence-corrected chi connectivity index (χ3v) is 2.75. The molecule has 0 saturated heterocycles. The Morgan fingerprint density at radius 2 is 2.07 bits per heavy atom. The Morgan fingerprint density at radius 3 is 2.73 bits per heavy atom. The number of rotatable bonds is 1. The Hall–Kier alpha value is -1.48. The highest BCUT2D eigenvalue weighted by Crippen LogP contribution is 2.20. The number of hydrogen-bond acceptors (Lipinski definition) is 2. The lowest BCUT2D eigenvalue weighted by molar-refractivity contribution is 0.415. The van der Waals surface area contributed by atoms with E-state index in [4.69, 9.17) is 16.3 Å². The molecule has 0 aliphatic rings. The van der Waals surface area contributed by atoms with Gasteiger partial charge in [-0.05, 0) is 23.6 Å². The average molecular weight is 224 g/mol. The predicted octanol–water partition coefficient (Wildman–Crippen LogP) is 2.20. The topological polar surface area (TPSA) is 31.2 Å². The molecule has 2 aromatic rings. The van der Waals surface area contributed by atoms with Crippen LogP contribution in [0, 0.1) is 0 Å². The molecule has 0 bridgehead atoms. The van der Waals surface area contributed by atoms with E-state index in [1.54, 1.807) is 32.4 Å². The molecule has 4 heteroatoms. The maximum Gasteiger partial charge on any atom is 0.259 e. The number of nitrogens with zero attached hydrogens (tertiary/aromatic N) is 1. The second-order valence-corrected chi connectivity index (χ2v) is 3.67. The summed E-state index contributed by atoms with van der Waals surface area (Å²) in [4.78, 5) is 11.8. The number of halogens is 1. The van der Waals surface area contributed by atoms with Crippen molar-refractivity contribution < 1.29 is 4.74 Å². The van der Waals surface area contributed by atoms with Crippen LogP contribution in [0.4, 0.5) is 0 Å². The summed E-state index contributed by atoms with van der Waals surface area (Å²) in [6.07, 6.45) is 0. The Balaban J connectivity index is 2.88. The second-order valence-electron chi connectivity index (χ2n) is 3.28. The molecular weight excluding hydrogens is 214 g/mol. The Labute approximate surface area is 91.9 Å². The first-order chi connectivity index (χ1) is 7.13. The number of fused-ring (bicyclic) bond motifs is 1. The molecule has 0 fully saturated rings. The predicted molar refractivity (Wildman–Crippen MR) is 60.8 cm³/mol. The highest BCUT2D eigenvalue weighted by Gasteiger charge is 2.05. The molecule has 0 aliphatic heterocycles. The first-order valence-electron chi connectivity index (χ1n) is 4.47.